The molecule has 1 atom stereocenters. The number of hydrogen-bond donors (Lipinski definition) is 3. The second kappa shape index (κ2) is 12.9. The molecule has 1 saturated heterocycles. The number of carbonyl (C=O) groups is 1. The second-order valence-electron chi connectivity index (χ2n) is 6.90. The third-order valence-corrected chi connectivity index (χ3v) is 4.32. The number of aliphatic imine (C=N–C) groups is 1. The largest absolute Gasteiger partial charge is 0.401 e. The SMILES string of the molecule is CCNC(=NCCNC(=O)Cc1cccc(F)c1)NC1CCN(CC(F)(F)F)C1.I. The first-order chi connectivity index (χ1) is 13.7. The summed E-state index contributed by atoms with van der Waals surface area (Å²) in [5.74, 6) is -0.116. The van der Waals surface area contributed by atoms with E-state index in [0.29, 0.717) is 50.7 Å². The molecule has 170 valence electrons. The summed E-state index contributed by atoms with van der Waals surface area (Å²) in [4.78, 5) is 17.6. The minimum Gasteiger partial charge on any atom is -0.357 e. The van der Waals surface area contributed by atoms with Crippen LogP contribution in [-0.2, 0) is 11.2 Å². The fourth-order valence-corrected chi connectivity index (χ4v) is 3.12. The van der Waals surface area contributed by atoms with E-state index in [1.807, 2.05) is 6.92 Å². The van der Waals surface area contributed by atoms with Crippen LogP contribution in [0.2, 0.25) is 0 Å². The topological polar surface area (TPSA) is 68.8 Å². The van der Waals surface area contributed by atoms with Crippen molar-refractivity contribution in [1.29, 1.82) is 0 Å². The number of guanidine groups is 1. The van der Waals surface area contributed by atoms with Crippen LogP contribution in [0.1, 0.15) is 18.9 Å². The predicted octanol–water partition coefficient (Wildman–Crippen LogP) is 2.29. The molecular weight excluding hydrogens is 517 g/mol. The van der Waals surface area contributed by atoms with Crippen LogP contribution in [0.5, 0.6) is 0 Å². The first-order valence-corrected chi connectivity index (χ1v) is 9.60. The molecular formula is C19H28F4IN5O. The minimum atomic E-state index is -4.20. The molecule has 1 fully saturated rings. The normalized spacial score (nSPS) is 17.4. The van der Waals surface area contributed by atoms with Gasteiger partial charge in [-0.15, -0.1) is 24.0 Å². The lowest BCUT2D eigenvalue weighted by atomic mass is 10.1. The first-order valence-electron chi connectivity index (χ1n) is 9.60. The highest BCUT2D eigenvalue weighted by Crippen LogP contribution is 2.19. The number of alkyl halides is 3. The standard InChI is InChI=1S/C19H27F4N5O.HI/c1-2-24-18(27-16-6-9-28(12-16)13-19(21,22)23)26-8-7-25-17(29)11-14-4-3-5-15(20)10-14;/h3-5,10,16H,2,6-9,11-13H2,1H3,(H,25,29)(H2,24,26,27);1H. The highest BCUT2D eigenvalue weighted by molar-refractivity contribution is 14.0. The molecule has 1 aliphatic rings. The second-order valence-corrected chi connectivity index (χ2v) is 6.90. The summed E-state index contributed by atoms with van der Waals surface area (Å²) >= 11 is 0. The Hall–Kier alpha value is -1.63. The van der Waals surface area contributed by atoms with Gasteiger partial charge in [-0.05, 0) is 31.0 Å². The van der Waals surface area contributed by atoms with Gasteiger partial charge in [-0.3, -0.25) is 14.7 Å². The highest BCUT2D eigenvalue weighted by Gasteiger charge is 2.34. The van der Waals surface area contributed by atoms with Crippen molar-refractivity contribution >= 4 is 35.8 Å². The summed E-state index contributed by atoms with van der Waals surface area (Å²) in [7, 11) is 0. The summed E-state index contributed by atoms with van der Waals surface area (Å²) in [6.07, 6.45) is -3.51. The van der Waals surface area contributed by atoms with Crippen LogP contribution in [0.3, 0.4) is 0 Å². The lowest BCUT2D eigenvalue weighted by Gasteiger charge is -2.19. The van der Waals surface area contributed by atoms with Crippen LogP contribution >= 0.6 is 24.0 Å². The van der Waals surface area contributed by atoms with E-state index < -0.39 is 12.7 Å². The molecule has 2 rings (SSSR count). The summed E-state index contributed by atoms with van der Waals surface area (Å²) < 4.78 is 50.6. The van der Waals surface area contributed by atoms with Crippen molar-refractivity contribution in [1.82, 2.24) is 20.9 Å². The fourth-order valence-electron chi connectivity index (χ4n) is 3.12. The van der Waals surface area contributed by atoms with Crippen molar-refractivity contribution < 1.29 is 22.4 Å². The van der Waals surface area contributed by atoms with Crippen molar-refractivity contribution in [2.45, 2.75) is 32.0 Å². The smallest absolute Gasteiger partial charge is 0.357 e. The number of nitrogens with one attached hydrogen (secondary N) is 3. The molecule has 0 radical (unpaired) electrons. The maximum absolute atomic E-state index is 13.1. The van der Waals surface area contributed by atoms with Gasteiger partial charge in [0.2, 0.25) is 5.91 Å². The van der Waals surface area contributed by atoms with Gasteiger partial charge >= 0.3 is 6.18 Å². The van der Waals surface area contributed by atoms with E-state index in [2.05, 4.69) is 20.9 Å². The summed E-state index contributed by atoms with van der Waals surface area (Å²) in [5.41, 5.74) is 0.589. The number of benzene rings is 1. The molecule has 1 aliphatic heterocycles. The lowest BCUT2D eigenvalue weighted by molar-refractivity contribution is -0.143. The minimum absolute atomic E-state index is 0. The summed E-state index contributed by atoms with van der Waals surface area (Å²) in [6.45, 7) is 2.88. The van der Waals surface area contributed by atoms with Gasteiger partial charge in [0.1, 0.15) is 5.82 Å². The molecule has 0 aromatic heterocycles. The number of hydrogen-bond acceptors (Lipinski definition) is 3. The number of amides is 1. The Morgan fingerprint density at radius 1 is 1.30 bits per heavy atom. The van der Waals surface area contributed by atoms with Crippen LogP contribution in [0.4, 0.5) is 17.6 Å². The van der Waals surface area contributed by atoms with Gasteiger partial charge in [-0.1, -0.05) is 12.1 Å². The molecule has 6 nitrogen and oxygen atoms in total. The molecule has 1 unspecified atom stereocenters. The van der Waals surface area contributed by atoms with Crippen LogP contribution in [0.25, 0.3) is 0 Å². The predicted molar refractivity (Wildman–Crippen MR) is 119 cm³/mol. The molecule has 1 aromatic rings. The molecule has 0 spiro atoms. The zero-order valence-corrected chi connectivity index (χ0v) is 19.1. The van der Waals surface area contributed by atoms with E-state index in [0.717, 1.165) is 0 Å². The third-order valence-electron chi connectivity index (χ3n) is 4.32. The number of halogens is 5. The Labute approximate surface area is 190 Å². The van der Waals surface area contributed by atoms with Crippen LogP contribution in [0, 0.1) is 5.82 Å². The van der Waals surface area contributed by atoms with E-state index in [1.165, 1.54) is 17.0 Å². The maximum atomic E-state index is 13.1. The number of nitrogens with zero attached hydrogens (tertiary/aromatic N) is 2. The van der Waals surface area contributed by atoms with E-state index in [4.69, 9.17) is 0 Å². The van der Waals surface area contributed by atoms with E-state index in [9.17, 15) is 22.4 Å². The molecule has 11 heteroatoms. The van der Waals surface area contributed by atoms with Gasteiger partial charge in [0.15, 0.2) is 5.96 Å². The van der Waals surface area contributed by atoms with Gasteiger partial charge in [-0.2, -0.15) is 13.2 Å². The van der Waals surface area contributed by atoms with Crippen molar-refractivity contribution in [2.24, 2.45) is 4.99 Å². The maximum Gasteiger partial charge on any atom is 0.401 e. The average Bonchev–Trinajstić information content (AvgIpc) is 3.03. The molecule has 3 N–H and O–H groups in total. The Kier molecular flexibility index (Phi) is 11.4. The molecule has 1 heterocycles. The van der Waals surface area contributed by atoms with Gasteiger partial charge in [-0.25, -0.2) is 4.39 Å². The first kappa shape index (κ1) is 26.4. The highest BCUT2D eigenvalue weighted by atomic mass is 127. The van der Waals surface area contributed by atoms with Gasteiger partial charge in [0.05, 0.1) is 19.5 Å². The fraction of sp³-hybridized carbons (Fsp3) is 0.579. The monoisotopic (exact) mass is 545 g/mol. The van der Waals surface area contributed by atoms with Gasteiger partial charge in [0, 0.05) is 32.2 Å². The molecule has 1 aromatic carbocycles. The Morgan fingerprint density at radius 3 is 2.73 bits per heavy atom. The number of likely N-dealkylation sites (tertiary alicyclic amines) is 1. The van der Waals surface area contributed by atoms with Gasteiger partial charge < -0.3 is 16.0 Å². The molecule has 0 aliphatic carbocycles. The average molecular weight is 545 g/mol. The van der Waals surface area contributed by atoms with Crippen molar-refractivity contribution in [3.8, 4) is 0 Å². The Balaban J connectivity index is 0.00000450. The zero-order chi connectivity index (χ0) is 21.3. The van der Waals surface area contributed by atoms with Gasteiger partial charge in [0.25, 0.3) is 0 Å². The molecule has 30 heavy (non-hydrogen) atoms. The quantitative estimate of drug-likeness (QED) is 0.154. The molecule has 0 bridgehead atoms. The summed E-state index contributed by atoms with van der Waals surface area (Å²) in [6, 6.07) is 5.75. The Morgan fingerprint density at radius 2 is 2.07 bits per heavy atom. The third kappa shape index (κ3) is 10.4. The van der Waals surface area contributed by atoms with E-state index in [-0.39, 0.29) is 48.2 Å². The van der Waals surface area contributed by atoms with Crippen molar-refractivity contribution in [3.63, 3.8) is 0 Å². The lowest BCUT2D eigenvalue weighted by Crippen LogP contribution is -2.45. The van der Waals surface area contributed by atoms with Crippen molar-refractivity contribution in [3.05, 3.63) is 35.6 Å². The van der Waals surface area contributed by atoms with E-state index >= 15 is 0 Å². The summed E-state index contributed by atoms with van der Waals surface area (Å²) in [5, 5.41) is 8.91. The van der Waals surface area contributed by atoms with Crippen molar-refractivity contribution in [2.75, 3.05) is 39.3 Å². The van der Waals surface area contributed by atoms with Crippen LogP contribution in [-0.4, -0.2) is 68.3 Å². The van der Waals surface area contributed by atoms with E-state index in [1.54, 1.807) is 12.1 Å². The number of rotatable bonds is 8. The molecule has 0 saturated carbocycles. The zero-order valence-electron chi connectivity index (χ0n) is 16.8. The van der Waals surface area contributed by atoms with Crippen LogP contribution < -0.4 is 16.0 Å². The Bertz CT molecular complexity index is 702. The van der Waals surface area contributed by atoms with Crippen LogP contribution in [0.15, 0.2) is 29.3 Å². The molecule has 1 amide bonds. The number of carbonyl (C=O) groups excluding carboxylic acids is 1.